The maximum atomic E-state index is 4.98. The van der Waals surface area contributed by atoms with Crippen LogP contribution in [0.2, 0.25) is 0 Å². The maximum absolute atomic E-state index is 4.98. The summed E-state index contributed by atoms with van der Waals surface area (Å²) in [5, 5.41) is 12.6. The molecule has 0 unspecified atom stereocenters. The minimum atomic E-state index is 0.331. The van der Waals surface area contributed by atoms with Crippen molar-refractivity contribution in [2.24, 2.45) is 0 Å². The van der Waals surface area contributed by atoms with Gasteiger partial charge in [-0.25, -0.2) is 9.97 Å². The van der Waals surface area contributed by atoms with Crippen LogP contribution in [0.25, 0.3) is 28.3 Å². The highest BCUT2D eigenvalue weighted by atomic mass is 16.5. The molecule has 0 atom stereocenters. The van der Waals surface area contributed by atoms with Gasteiger partial charge >= 0.3 is 6.01 Å². The molecule has 8 heteroatoms. The average molecular weight is 331 g/mol. The van der Waals surface area contributed by atoms with Crippen LogP contribution in [0.3, 0.4) is 0 Å². The number of benzene rings is 1. The van der Waals surface area contributed by atoms with Crippen LogP contribution < -0.4 is 4.74 Å². The Labute approximate surface area is 143 Å². The van der Waals surface area contributed by atoms with E-state index in [1.807, 2.05) is 42.5 Å². The third-order valence-corrected chi connectivity index (χ3v) is 3.53. The average Bonchev–Trinajstić information content (AvgIpc) is 3.19. The molecule has 0 amide bonds. The third kappa shape index (κ3) is 3.05. The molecular weight excluding hydrogens is 318 g/mol. The monoisotopic (exact) mass is 331 g/mol. The van der Waals surface area contributed by atoms with E-state index in [1.54, 1.807) is 18.6 Å². The summed E-state index contributed by atoms with van der Waals surface area (Å²) in [5.74, 6) is 0.471. The van der Waals surface area contributed by atoms with Gasteiger partial charge in [0.25, 0.3) is 0 Å². The molecule has 25 heavy (non-hydrogen) atoms. The number of hydrogen-bond donors (Lipinski definition) is 0. The molecule has 0 aliphatic carbocycles. The Hall–Kier alpha value is -3.68. The van der Waals surface area contributed by atoms with Crippen molar-refractivity contribution in [1.29, 1.82) is 0 Å². The lowest BCUT2D eigenvalue weighted by Crippen LogP contribution is -1.99. The molecule has 0 radical (unpaired) electrons. The highest BCUT2D eigenvalue weighted by molar-refractivity contribution is 5.64. The Kier molecular flexibility index (Phi) is 3.83. The summed E-state index contributed by atoms with van der Waals surface area (Å²) in [6, 6.07) is 13.6. The van der Waals surface area contributed by atoms with E-state index >= 15 is 0 Å². The van der Waals surface area contributed by atoms with Gasteiger partial charge in [-0.15, -0.1) is 15.0 Å². The summed E-state index contributed by atoms with van der Waals surface area (Å²) in [6.45, 7) is 0. The molecule has 0 bridgehead atoms. The van der Waals surface area contributed by atoms with Crippen LogP contribution >= 0.6 is 0 Å². The quantitative estimate of drug-likeness (QED) is 0.566. The van der Waals surface area contributed by atoms with Crippen molar-refractivity contribution in [3.63, 3.8) is 0 Å². The fourth-order valence-corrected chi connectivity index (χ4v) is 2.30. The number of methoxy groups -OCH3 is 1. The molecule has 4 aromatic rings. The molecule has 0 spiro atoms. The minimum absolute atomic E-state index is 0.331. The Balaban J connectivity index is 1.66. The van der Waals surface area contributed by atoms with Crippen molar-refractivity contribution in [2.45, 2.75) is 0 Å². The molecular formula is C17H13N7O. The van der Waals surface area contributed by atoms with Crippen molar-refractivity contribution in [2.75, 3.05) is 7.11 Å². The van der Waals surface area contributed by atoms with Crippen LogP contribution in [-0.2, 0) is 0 Å². The van der Waals surface area contributed by atoms with Gasteiger partial charge in [-0.1, -0.05) is 18.2 Å². The highest BCUT2D eigenvalue weighted by Crippen LogP contribution is 2.21. The number of hydrogen-bond acceptors (Lipinski definition) is 7. The SMILES string of the molecule is COc1ncc(-c2cccc(-n3nnc(-c4ccccn4)n3)c2)cn1. The molecule has 0 aliphatic heterocycles. The summed E-state index contributed by atoms with van der Waals surface area (Å²) in [4.78, 5) is 14.0. The van der Waals surface area contributed by atoms with E-state index < -0.39 is 0 Å². The van der Waals surface area contributed by atoms with Crippen LogP contribution in [0, 0.1) is 0 Å². The van der Waals surface area contributed by atoms with Gasteiger partial charge in [0.1, 0.15) is 5.69 Å². The van der Waals surface area contributed by atoms with E-state index in [2.05, 4.69) is 30.4 Å². The first-order chi connectivity index (χ1) is 12.3. The first-order valence-corrected chi connectivity index (χ1v) is 7.52. The van der Waals surface area contributed by atoms with Crippen LogP contribution in [0.4, 0.5) is 0 Å². The van der Waals surface area contributed by atoms with E-state index in [0.717, 1.165) is 16.8 Å². The first kappa shape index (κ1) is 14.9. The van der Waals surface area contributed by atoms with Crippen molar-refractivity contribution in [1.82, 2.24) is 35.2 Å². The summed E-state index contributed by atoms with van der Waals surface area (Å²) in [5.41, 5.74) is 3.26. The fourth-order valence-electron chi connectivity index (χ4n) is 2.30. The summed E-state index contributed by atoms with van der Waals surface area (Å²) in [6.07, 6.45) is 5.11. The van der Waals surface area contributed by atoms with E-state index in [0.29, 0.717) is 17.5 Å². The molecule has 3 aromatic heterocycles. The second kappa shape index (κ2) is 6.44. The van der Waals surface area contributed by atoms with Gasteiger partial charge < -0.3 is 4.74 Å². The largest absolute Gasteiger partial charge is 0.467 e. The van der Waals surface area contributed by atoms with Gasteiger partial charge in [0.05, 0.1) is 12.8 Å². The second-order valence-electron chi connectivity index (χ2n) is 5.13. The lowest BCUT2D eigenvalue weighted by atomic mass is 10.1. The van der Waals surface area contributed by atoms with Crippen molar-refractivity contribution in [3.8, 4) is 34.3 Å². The lowest BCUT2D eigenvalue weighted by molar-refractivity contribution is 0.380. The number of aromatic nitrogens is 7. The van der Waals surface area contributed by atoms with E-state index in [1.165, 1.54) is 11.9 Å². The van der Waals surface area contributed by atoms with E-state index in [4.69, 9.17) is 4.74 Å². The maximum Gasteiger partial charge on any atom is 0.316 e. The van der Waals surface area contributed by atoms with Crippen LogP contribution in [0.5, 0.6) is 6.01 Å². The van der Waals surface area contributed by atoms with Gasteiger partial charge in [0.2, 0.25) is 5.82 Å². The topological polar surface area (TPSA) is 91.5 Å². The van der Waals surface area contributed by atoms with E-state index in [9.17, 15) is 0 Å². The predicted molar refractivity (Wildman–Crippen MR) is 90.0 cm³/mol. The number of rotatable bonds is 4. The molecule has 0 N–H and O–H groups in total. The molecule has 4 rings (SSSR count). The van der Waals surface area contributed by atoms with Crippen molar-refractivity contribution in [3.05, 3.63) is 61.1 Å². The van der Waals surface area contributed by atoms with E-state index in [-0.39, 0.29) is 0 Å². The summed E-state index contributed by atoms with van der Waals surface area (Å²) < 4.78 is 4.98. The van der Waals surface area contributed by atoms with Crippen molar-refractivity contribution >= 4 is 0 Å². The zero-order chi connectivity index (χ0) is 17.1. The van der Waals surface area contributed by atoms with Crippen LogP contribution in [0.15, 0.2) is 61.1 Å². The van der Waals surface area contributed by atoms with Gasteiger partial charge in [0, 0.05) is 24.2 Å². The van der Waals surface area contributed by atoms with Gasteiger partial charge in [-0.2, -0.15) is 0 Å². The zero-order valence-electron chi connectivity index (χ0n) is 13.3. The first-order valence-electron chi connectivity index (χ1n) is 7.52. The molecule has 0 saturated carbocycles. The smallest absolute Gasteiger partial charge is 0.316 e. The normalized spacial score (nSPS) is 10.6. The molecule has 8 nitrogen and oxygen atoms in total. The summed E-state index contributed by atoms with van der Waals surface area (Å²) in [7, 11) is 1.53. The minimum Gasteiger partial charge on any atom is -0.467 e. The third-order valence-electron chi connectivity index (χ3n) is 3.53. The van der Waals surface area contributed by atoms with Gasteiger partial charge in [-0.05, 0) is 35.0 Å². The number of nitrogens with zero attached hydrogens (tertiary/aromatic N) is 7. The highest BCUT2D eigenvalue weighted by Gasteiger charge is 2.09. The van der Waals surface area contributed by atoms with Gasteiger partial charge in [0.15, 0.2) is 0 Å². The molecule has 0 aliphatic rings. The molecule has 122 valence electrons. The molecule has 3 heterocycles. The fraction of sp³-hybridized carbons (Fsp3) is 0.0588. The van der Waals surface area contributed by atoms with Gasteiger partial charge in [-0.3, -0.25) is 4.98 Å². The van der Waals surface area contributed by atoms with Crippen molar-refractivity contribution < 1.29 is 4.74 Å². The Bertz CT molecular complexity index is 983. The molecule has 0 saturated heterocycles. The second-order valence-corrected chi connectivity index (χ2v) is 5.13. The Morgan fingerprint density at radius 2 is 1.80 bits per heavy atom. The number of pyridine rings is 1. The predicted octanol–water partition coefficient (Wildman–Crippen LogP) is 2.19. The standard InChI is InChI=1S/C17H13N7O/c1-25-17-19-10-13(11-20-17)12-5-4-6-14(9-12)24-22-16(21-23-24)15-7-2-3-8-18-15/h2-11H,1H3. The Morgan fingerprint density at radius 3 is 2.56 bits per heavy atom. The Morgan fingerprint density at radius 1 is 0.920 bits per heavy atom. The lowest BCUT2D eigenvalue weighted by Gasteiger charge is -2.04. The number of ether oxygens (including phenoxy) is 1. The van der Waals surface area contributed by atoms with Crippen LogP contribution in [0.1, 0.15) is 0 Å². The summed E-state index contributed by atoms with van der Waals surface area (Å²) >= 11 is 0. The zero-order valence-corrected chi connectivity index (χ0v) is 13.3. The number of tetrazole rings is 1. The molecule has 0 fully saturated rings. The van der Waals surface area contributed by atoms with Crippen LogP contribution in [-0.4, -0.2) is 42.3 Å². The molecule has 1 aromatic carbocycles.